The summed E-state index contributed by atoms with van der Waals surface area (Å²) in [4.78, 5) is 0. The molecule has 4 heteroatoms. The zero-order valence-electron chi connectivity index (χ0n) is 12.9. The summed E-state index contributed by atoms with van der Waals surface area (Å²) in [6.07, 6.45) is 6.13. The lowest BCUT2D eigenvalue weighted by molar-refractivity contribution is 0.310. The zero-order chi connectivity index (χ0) is 15.1. The van der Waals surface area contributed by atoms with Gasteiger partial charge in [-0.3, -0.25) is 5.32 Å². The number of benzene rings is 1. The van der Waals surface area contributed by atoms with Crippen molar-refractivity contribution in [3.63, 3.8) is 0 Å². The Morgan fingerprint density at radius 1 is 1.29 bits per heavy atom. The van der Waals surface area contributed by atoms with E-state index >= 15 is 0 Å². The highest BCUT2D eigenvalue weighted by Gasteiger charge is 2.20. The highest BCUT2D eigenvalue weighted by molar-refractivity contribution is 5.44. The molecule has 0 bridgehead atoms. The Morgan fingerprint density at radius 3 is 2.67 bits per heavy atom. The number of nitriles is 1. The average Bonchev–Trinajstić information content (AvgIpc) is 2.54. The first-order chi connectivity index (χ1) is 10.3. The van der Waals surface area contributed by atoms with E-state index in [0.717, 1.165) is 24.2 Å². The summed E-state index contributed by atoms with van der Waals surface area (Å²) in [7, 11) is 1.62. The van der Waals surface area contributed by atoms with E-state index in [9.17, 15) is 5.26 Å². The third kappa shape index (κ3) is 4.12. The molecule has 0 spiro atoms. The van der Waals surface area contributed by atoms with Gasteiger partial charge in [0.1, 0.15) is 6.04 Å². The number of nitrogens with zero attached hydrogens (tertiary/aromatic N) is 1. The van der Waals surface area contributed by atoms with Crippen LogP contribution in [0.15, 0.2) is 18.2 Å². The van der Waals surface area contributed by atoms with E-state index in [1.165, 1.54) is 19.3 Å². The zero-order valence-corrected chi connectivity index (χ0v) is 12.9. The van der Waals surface area contributed by atoms with E-state index in [4.69, 9.17) is 9.47 Å². The molecular weight excluding hydrogens is 264 g/mol. The molecule has 0 radical (unpaired) electrons. The van der Waals surface area contributed by atoms with E-state index in [2.05, 4.69) is 11.4 Å². The molecule has 1 aromatic carbocycles. The van der Waals surface area contributed by atoms with Gasteiger partial charge in [0, 0.05) is 6.04 Å². The molecule has 1 saturated carbocycles. The van der Waals surface area contributed by atoms with Gasteiger partial charge < -0.3 is 9.47 Å². The second-order valence-electron chi connectivity index (χ2n) is 5.41. The molecule has 1 N–H and O–H groups in total. The summed E-state index contributed by atoms with van der Waals surface area (Å²) < 4.78 is 10.9. The summed E-state index contributed by atoms with van der Waals surface area (Å²) in [5.41, 5.74) is 0.934. The molecule has 1 aliphatic carbocycles. The fourth-order valence-corrected chi connectivity index (χ4v) is 2.85. The van der Waals surface area contributed by atoms with Crippen LogP contribution in [0.5, 0.6) is 11.5 Å². The van der Waals surface area contributed by atoms with Crippen molar-refractivity contribution in [3.05, 3.63) is 23.8 Å². The van der Waals surface area contributed by atoms with Crippen LogP contribution in [0.4, 0.5) is 0 Å². The van der Waals surface area contributed by atoms with Crippen LogP contribution in [0.25, 0.3) is 0 Å². The van der Waals surface area contributed by atoms with Gasteiger partial charge in [-0.2, -0.15) is 5.26 Å². The quantitative estimate of drug-likeness (QED) is 0.869. The molecule has 1 aliphatic rings. The first kappa shape index (κ1) is 15.7. The smallest absolute Gasteiger partial charge is 0.161 e. The van der Waals surface area contributed by atoms with Crippen LogP contribution >= 0.6 is 0 Å². The van der Waals surface area contributed by atoms with Crippen molar-refractivity contribution in [3.8, 4) is 17.6 Å². The fourth-order valence-electron chi connectivity index (χ4n) is 2.85. The third-order valence-corrected chi connectivity index (χ3v) is 3.96. The fraction of sp³-hybridized carbons (Fsp3) is 0.588. The van der Waals surface area contributed by atoms with E-state index in [-0.39, 0.29) is 6.04 Å². The van der Waals surface area contributed by atoms with Gasteiger partial charge in [-0.25, -0.2) is 0 Å². The van der Waals surface area contributed by atoms with Gasteiger partial charge >= 0.3 is 0 Å². The van der Waals surface area contributed by atoms with Crippen LogP contribution in [-0.4, -0.2) is 19.8 Å². The number of methoxy groups -OCH3 is 1. The number of ether oxygens (including phenoxy) is 2. The van der Waals surface area contributed by atoms with Gasteiger partial charge in [0.15, 0.2) is 11.5 Å². The van der Waals surface area contributed by atoms with Crippen molar-refractivity contribution in [1.29, 1.82) is 5.26 Å². The van der Waals surface area contributed by atoms with Gasteiger partial charge in [0.2, 0.25) is 0 Å². The summed E-state index contributed by atoms with van der Waals surface area (Å²) in [5.74, 6) is 1.40. The summed E-state index contributed by atoms with van der Waals surface area (Å²) in [6.45, 7) is 2.54. The Balaban J connectivity index is 2.12. The van der Waals surface area contributed by atoms with Crippen LogP contribution in [0, 0.1) is 11.3 Å². The van der Waals surface area contributed by atoms with Gasteiger partial charge in [0.25, 0.3) is 0 Å². The van der Waals surface area contributed by atoms with Crippen molar-refractivity contribution < 1.29 is 9.47 Å². The predicted molar refractivity (Wildman–Crippen MR) is 82.5 cm³/mol. The molecular formula is C17H24N2O2. The standard InChI is InChI=1S/C17H24N2O2/c1-3-21-16-10-9-13(11-17(16)20-2)15(12-18)19-14-7-5-4-6-8-14/h9-11,14-15,19H,3-8H2,1-2H3. The number of hydrogen-bond acceptors (Lipinski definition) is 4. The van der Waals surface area contributed by atoms with Gasteiger partial charge in [0.05, 0.1) is 19.8 Å². The van der Waals surface area contributed by atoms with Crippen LogP contribution in [0.1, 0.15) is 50.6 Å². The molecule has 4 nitrogen and oxygen atoms in total. The number of rotatable bonds is 6. The van der Waals surface area contributed by atoms with E-state index < -0.39 is 0 Å². The molecule has 1 unspecified atom stereocenters. The molecule has 114 valence electrons. The Bertz CT molecular complexity index is 490. The van der Waals surface area contributed by atoms with Crippen molar-refractivity contribution in [2.75, 3.05) is 13.7 Å². The molecule has 21 heavy (non-hydrogen) atoms. The molecule has 0 aliphatic heterocycles. The lowest BCUT2D eigenvalue weighted by atomic mass is 9.94. The maximum absolute atomic E-state index is 9.46. The molecule has 0 saturated heterocycles. The Hall–Kier alpha value is -1.73. The minimum absolute atomic E-state index is 0.294. The molecule has 1 fully saturated rings. The molecule has 1 aromatic rings. The van der Waals surface area contributed by atoms with Gasteiger partial charge in [-0.15, -0.1) is 0 Å². The second-order valence-corrected chi connectivity index (χ2v) is 5.41. The predicted octanol–water partition coefficient (Wildman–Crippen LogP) is 3.58. The number of hydrogen-bond donors (Lipinski definition) is 1. The second kappa shape index (κ2) is 7.90. The van der Waals surface area contributed by atoms with Crippen molar-refractivity contribution in [2.24, 2.45) is 0 Å². The normalized spacial score (nSPS) is 17.0. The monoisotopic (exact) mass is 288 g/mol. The van der Waals surface area contributed by atoms with Crippen molar-refractivity contribution in [1.82, 2.24) is 5.32 Å². The van der Waals surface area contributed by atoms with Crippen LogP contribution in [-0.2, 0) is 0 Å². The first-order valence-electron chi connectivity index (χ1n) is 7.75. The largest absolute Gasteiger partial charge is 0.493 e. The van der Waals surface area contributed by atoms with E-state index in [1.807, 2.05) is 25.1 Å². The molecule has 0 aromatic heterocycles. The van der Waals surface area contributed by atoms with Crippen molar-refractivity contribution in [2.45, 2.75) is 51.1 Å². The SMILES string of the molecule is CCOc1ccc(C(C#N)NC2CCCCC2)cc1OC. The van der Waals surface area contributed by atoms with Gasteiger partial charge in [-0.1, -0.05) is 25.3 Å². The molecule has 1 atom stereocenters. The summed E-state index contributed by atoms with van der Waals surface area (Å²) in [6, 6.07) is 8.23. The molecule has 2 rings (SSSR count). The molecule has 0 amide bonds. The third-order valence-electron chi connectivity index (χ3n) is 3.96. The maximum atomic E-state index is 9.46. The minimum atomic E-state index is -0.294. The number of nitrogens with one attached hydrogen (secondary N) is 1. The summed E-state index contributed by atoms with van der Waals surface area (Å²) in [5, 5.41) is 12.9. The van der Waals surface area contributed by atoms with Crippen LogP contribution in [0.3, 0.4) is 0 Å². The Morgan fingerprint density at radius 2 is 2.05 bits per heavy atom. The van der Waals surface area contributed by atoms with E-state index in [1.54, 1.807) is 7.11 Å². The highest BCUT2D eigenvalue weighted by Crippen LogP contribution is 2.31. The van der Waals surface area contributed by atoms with Gasteiger partial charge in [-0.05, 0) is 37.5 Å². The molecule has 0 heterocycles. The summed E-state index contributed by atoms with van der Waals surface area (Å²) >= 11 is 0. The average molecular weight is 288 g/mol. The highest BCUT2D eigenvalue weighted by atomic mass is 16.5. The van der Waals surface area contributed by atoms with Crippen LogP contribution < -0.4 is 14.8 Å². The lowest BCUT2D eigenvalue weighted by Crippen LogP contribution is -2.33. The minimum Gasteiger partial charge on any atom is -0.493 e. The van der Waals surface area contributed by atoms with Crippen LogP contribution in [0.2, 0.25) is 0 Å². The lowest BCUT2D eigenvalue weighted by Gasteiger charge is -2.25. The Kier molecular flexibility index (Phi) is 5.89. The first-order valence-corrected chi connectivity index (χ1v) is 7.75. The van der Waals surface area contributed by atoms with E-state index in [0.29, 0.717) is 18.4 Å². The Labute approximate surface area is 127 Å². The van der Waals surface area contributed by atoms with Crippen molar-refractivity contribution >= 4 is 0 Å². The topological polar surface area (TPSA) is 54.3 Å². The maximum Gasteiger partial charge on any atom is 0.161 e.